The molecular formula is C25H28N2O2S. The molecule has 0 aliphatic heterocycles. The van der Waals surface area contributed by atoms with Gasteiger partial charge in [0.2, 0.25) is 0 Å². The van der Waals surface area contributed by atoms with Crippen molar-refractivity contribution in [3.8, 4) is 11.1 Å². The molecule has 0 atom stereocenters. The molecule has 1 aliphatic rings. The van der Waals surface area contributed by atoms with Crippen molar-refractivity contribution in [2.45, 2.75) is 39.7 Å². The number of fused-ring (bicyclic) bond motifs is 1. The van der Waals surface area contributed by atoms with Crippen molar-refractivity contribution in [3.05, 3.63) is 70.1 Å². The molecule has 4 nitrogen and oxygen atoms in total. The van der Waals surface area contributed by atoms with Crippen molar-refractivity contribution in [1.29, 1.82) is 0 Å². The molecule has 1 heterocycles. The van der Waals surface area contributed by atoms with Gasteiger partial charge in [-0.1, -0.05) is 50.2 Å². The molecule has 0 saturated heterocycles. The average Bonchev–Trinajstić information content (AvgIpc) is 3.05. The molecule has 0 fully saturated rings. The Morgan fingerprint density at radius 1 is 1.13 bits per heavy atom. The second-order valence-electron chi connectivity index (χ2n) is 8.74. The molecule has 0 bridgehead atoms. The molecule has 3 N–H and O–H groups in total. The smallest absolute Gasteiger partial charge is 0.339 e. The van der Waals surface area contributed by atoms with E-state index >= 15 is 0 Å². The maximum atomic E-state index is 12.1. The summed E-state index contributed by atoms with van der Waals surface area (Å²) in [7, 11) is 1.95. The maximum absolute atomic E-state index is 12.1. The number of aromatic carboxylic acids is 1. The highest BCUT2D eigenvalue weighted by molar-refractivity contribution is 7.16. The Balaban J connectivity index is 1.62. The zero-order valence-corrected chi connectivity index (χ0v) is 18.5. The van der Waals surface area contributed by atoms with Gasteiger partial charge in [0.05, 0.1) is 5.56 Å². The Labute approximate surface area is 182 Å². The van der Waals surface area contributed by atoms with E-state index < -0.39 is 5.97 Å². The predicted octanol–water partition coefficient (Wildman–Crippen LogP) is 6.09. The van der Waals surface area contributed by atoms with Gasteiger partial charge in [-0.15, -0.1) is 11.3 Å². The molecule has 5 heteroatoms. The van der Waals surface area contributed by atoms with Gasteiger partial charge in [-0.2, -0.15) is 0 Å². The molecule has 2 aromatic carbocycles. The molecule has 1 aromatic heterocycles. The lowest BCUT2D eigenvalue weighted by Gasteiger charge is -2.29. The lowest BCUT2D eigenvalue weighted by Crippen LogP contribution is -2.22. The van der Waals surface area contributed by atoms with Crippen LogP contribution in [0.3, 0.4) is 0 Å². The van der Waals surface area contributed by atoms with Gasteiger partial charge in [0, 0.05) is 17.1 Å². The number of carboxylic acids is 1. The van der Waals surface area contributed by atoms with Gasteiger partial charge in [-0.25, -0.2) is 4.79 Å². The number of hydrogen-bond donors (Lipinski definition) is 3. The number of anilines is 2. The summed E-state index contributed by atoms with van der Waals surface area (Å²) in [5.74, 6) is -0.842. The van der Waals surface area contributed by atoms with Gasteiger partial charge in [0.15, 0.2) is 0 Å². The second-order valence-corrected chi connectivity index (χ2v) is 9.85. The summed E-state index contributed by atoms with van der Waals surface area (Å²) in [6.45, 7) is 5.25. The molecule has 0 radical (unpaired) electrons. The van der Waals surface area contributed by atoms with E-state index in [0.29, 0.717) is 5.56 Å². The standard InChI is InChI=1S/C25H28N2O2S/c1-25(2)13-12-21-20(14-25)22(24(28)29)23(30-21)27-18-10-8-16(9-11-18)19-7-5-4-6-17(19)15-26-3/h4-11,26-27H,12-15H2,1-3H3,(H,28,29). The fourth-order valence-corrected chi connectivity index (χ4v) is 5.47. The van der Waals surface area contributed by atoms with Crippen molar-refractivity contribution in [1.82, 2.24) is 5.32 Å². The Morgan fingerprint density at radius 2 is 1.87 bits per heavy atom. The van der Waals surface area contributed by atoms with Crippen LogP contribution >= 0.6 is 11.3 Å². The number of hydrogen-bond acceptors (Lipinski definition) is 4. The Morgan fingerprint density at radius 3 is 2.57 bits per heavy atom. The summed E-state index contributed by atoms with van der Waals surface area (Å²) in [4.78, 5) is 13.3. The lowest BCUT2D eigenvalue weighted by molar-refractivity contribution is 0.0696. The third kappa shape index (κ3) is 4.13. The molecule has 1 aliphatic carbocycles. The van der Waals surface area contributed by atoms with Crippen LogP contribution in [0.5, 0.6) is 0 Å². The van der Waals surface area contributed by atoms with E-state index in [1.165, 1.54) is 16.0 Å². The third-order valence-electron chi connectivity index (χ3n) is 5.83. The molecule has 156 valence electrons. The van der Waals surface area contributed by atoms with Crippen molar-refractivity contribution in [2.75, 3.05) is 12.4 Å². The van der Waals surface area contributed by atoms with Gasteiger partial charge in [0.25, 0.3) is 0 Å². The Bertz CT molecular complexity index is 1070. The third-order valence-corrected chi connectivity index (χ3v) is 7.03. The number of aryl methyl sites for hydroxylation is 1. The number of carbonyl (C=O) groups is 1. The normalized spacial score (nSPS) is 14.9. The van der Waals surface area contributed by atoms with Crippen LogP contribution < -0.4 is 10.6 Å². The summed E-state index contributed by atoms with van der Waals surface area (Å²) in [5.41, 5.74) is 6.14. The zero-order chi connectivity index (χ0) is 21.3. The van der Waals surface area contributed by atoms with E-state index in [0.717, 1.165) is 47.6 Å². The predicted molar refractivity (Wildman–Crippen MR) is 125 cm³/mol. The molecule has 0 unspecified atom stereocenters. The summed E-state index contributed by atoms with van der Waals surface area (Å²) in [5, 5.41) is 17.2. The highest BCUT2D eigenvalue weighted by atomic mass is 32.1. The first-order valence-corrected chi connectivity index (χ1v) is 11.2. The largest absolute Gasteiger partial charge is 0.478 e. The van der Waals surface area contributed by atoms with Crippen LogP contribution in [0.4, 0.5) is 10.7 Å². The number of thiophene rings is 1. The molecule has 30 heavy (non-hydrogen) atoms. The van der Waals surface area contributed by atoms with Crippen LogP contribution in [0.15, 0.2) is 48.5 Å². The highest BCUT2D eigenvalue weighted by Gasteiger charge is 2.32. The number of nitrogens with one attached hydrogen (secondary N) is 2. The quantitative estimate of drug-likeness (QED) is 0.451. The van der Waals surface area contributed by atoms with Gasteiger partial charge in [0.1, 0.15) is 5.00 Å². The number of benzene rings is 2. The Hall–Kier alpha value is -2.63. The fraction of sp³-hybridized carbons (Fsp3) is 0.320. The minimum absolute atomic E-state index is 0.151. The van der Waals surface area contributed by atoms with Crippen molar-refractivity contribution in [3.63, 3.8) is 0 Å². The molecule has 3 aromatic rings. The topological polar surface area (TPSA) is 61.4 Å². The van der Waals surface area contributed by atoms with Crippen LogP contribution in [0.25, 0.3) is 11.1 Å². The maximum Gasteiger partial charge on any atom is 0.339 e. The van der Waals surface area contributed by atoms with Crippen molar-refractivity contribution >= 4 is 28.0 Å². The number of carboxylic acid groups (broad SMARTS) is 1. The highest BCUT2D eigenvalue weighted by Crippen LogP contribution is 2.44. The minimum atomic E-state index is -0.842. The van der Waals surface area contributed by atoms with E-state index in [1.54, 1.807) is 11.3 Å². The fourth-order valence-electron chi connectivity index (χ4n) is 4.25. The average molecular weight is 421 g/mol. The molecule has 0 spiro atoms. The SMILES string of the molecule is CNCc1ccccc1-c1ccc(Nc2sc3c(c2C(=O)O)CC(C)(C)CC3)cc1. The number of rotatable bonds is 6. The minimum Gasteiger partial charge on any atom is -0.478 e. The lowest BCUT2D eigenvalue weighted by atomic mass is 9.76. The van der Waals surface area contributed by atoms with Crippen LogP contribution in [0.1, 0.15) is 46.6 Å². The molecule has 4 rings (SSSR count). The van der Waals surface area contributed by atoms with Crippen LogP contribution in [-0.2, 0) is 19.4 Å². The summed E-state index contributed by atoms with van der Waals surface area (Å²) in [6, 6.07) is 16.6. The van der Waals surface area contributed by atoms with Gasteiger partial charge in [-0.05, 0) is 66.1 Å². The molecule has 0 amide bonds. The summed E-state index contributed by atoms with van der Waals surface area (Å²) in [6.07, 6.45) is 2.87. The van der Waals surface area contributed by atoms with Crippen LogP contribution in [0, 0.1) is 5.41 Å². The molecular weight excluding hydrogens is 392 g/mol. The molecule has 0 saturated carbocycles. The summed E-state index contributed by atoms with van der Waals surface area (Å²) < 4.78 is 0. The first-order chi connectivity index (χ1) is 14.4. The van der Waals surface area contributed by atoms with E-state index in [4.69, 9.17) is 0 Å². The van der Waals surface area contributed by atoms with Crippen molar-refractivity contribution < 1.29 is 9.90 Å². The van der Waals surface area contributed by atoms with E-state index in [1.807, 2.05) is 19.2 Å². The van der Waals surface area contributed by atoms with Crippen LogP contribution in [0.2, 0.25) is 0 Å². The van der Waals surface area contributed by atoms with E-state index in [2.05, 4.69) is 60.9 Å². The first-order valence-electron chi connectivity index (χ1n) is 10.4. The monoisotopic (exact) mass is 420 g/mol. The second kappa shape index (κ2) is 8.25. The van der Waals surface area contributed by atoms with Gasteiger partial charge >= 0.3 is 5.97 Å². The Kier molecular flexibility index (Phi) is 5.67. The first kappa shape index (κ1) is 20.6. The van der Waals surface area contributed by atoms with Gasteiger partial charge in [-0.3, -0.25) is 0 Å². The van der Waals surface area contributed by atoms with E-state index in [9.17, 15) is 9.90 Å². The summed E-state index contributed by atoms with van der Waals surface area (Å²) >= 11 is 1.60. The van der Waals surface area contributed by atoms with E-state index in [-0.39, 0.29) is 5.41 Å². The van der Waals surface area contributed by atoms with Crippen LogP contribution in [-0.4, -0.2) is 18.1 Å². The zero-order valence-electron chi connectivity index (χ0n) is 17.7. The van der Waals surface area contributed by atoms with Gasteiger partial charge < -0.3 is 15.7 Å². The van der Waals surface area contributed by atoms with Crippen molar-refractivity contribution in [2.24, 2.45) is 5.41 Å².